The summed E-state index contributed by atoms with van der Waals surface area (Å²) in [6, 6.07) is 18.2. The van der Waals surface area contributed by atoms with Crippen LogP contribution >= 0.6 is 0 Å². The van der Waals surface area contributed by atoms with Gasteiger partial charge in [-0.25, -0.2) is 12.8 Å². The molecule has 0 aliphatic heterocycles. The first-order chi connectivity index (χ1) is 18.6. The predicted octanol–water partition coefficient (Wildman–Crippen LogP) is 4.97. The molecule has 7 nitrogen and oxygen atoms in total. The summed E-state index contributed by atoms with van der Waals surface area (Å²) in [5.41, 5.74) is 2.53. The first-order valence-electron chi connectivity index (χ1n) is 13.0. The van der Waals surface area contributed by atoms with Gasteiger partial charge in [0.15, 0.2) is 0 Å². The first-order valence-corrected chi connectivity index (χ1v) is 14.5. The molecule has 0 radical (unpaired) electrons. The highest BCUT2D eigenvalue weighted by molar-refractivity contribution is 7.92. The van der Waals surface area contributed by atoms with Gasteiger partial charge in [0.05, 0.1) is 10.6 Å². The highest BCUT2D eigenvalue weighted by atomic mass is 32.2. The molecular formula is C30H36FN3O4S. The van der Waals surface area contributed by atoms with E-state index < -0.39 is 34.3 Å². The zero-order valence-corrected chi connectivity index (χ0v) is 23.7. The average molecular weight is 554 g/mol. The maximum absolute atomic E-state index is 14.0. The van der Waals surface area contributed by atoms with Gasteiger partial charge < -0.3 is 10.2 Å². The van der Waals surface area contributed by atoms with Crippen LogP contribution in [0.4, 0.5) is 10.1 Å². The van der Waals surface area contributed by atoms with Gasteiger partial charge in [0.1, 0.15) is 18.4 Å². The lowest BCUT2D eigenvalue weighted by molar-refractivity contribution is -0.140. The maximum Gasteiger partial charge on any atom is 0.264 e. The Bertz CT molecular complexity index is 1380. The van der Waals surface area contributed by atoms with Gasteiger partial charge in [-0.05, 0) is 73.7 Å². The molecule has 0 saturated heterocycles. The van der Waals surface area contributed by atoms with Gasteiger partial charge in [0.25, 0.3) is 10.0 Å². The Morgan fingerprint density at radius 3 is 2.23 bits per heavy atom. The van der Waals surface area contributed by atoms with Crippen molar-refractivity contribution < 1.29 is 22.4 Å². The lowest BCUT2D eigenvalue weighted by atomic mass is 10.1. The fourth-order valence-electron chi connectivity index (χ4n) is 4.29. The number of aryl methyl sites for hydroxylation is 2. The molecule has 1 N–H and O–H groups in total. The number of nitrogens with zero attached hydrogens (tertiary/aromatic N) is 2. The second-order valence-electron chi connectivity index (χ2n) is 9.48. The Hall–Kier alpha value is -3.72. The van der Waals surface area contributed by atoms with Crippen LogP contribution in [0, 0.1) is 19.7 Å². The van der Waals surface area contributed by atoms with E-state index in [1.54, 1.807) is 50.2 Å². The number of halogens is 1. The van der Waals surface area contributed by atoms with Crippen molar-refractivity contribution >= 4 is 27.5 Å². The Morgan fingerprint density at radius 1 is 0.949 bits per heavy atom. The first kappa shape index (κ1) is 29.8. The number of rotatable bonds is 12. The molecule has 39 heavy (non-hydrogen) atoms. The molecule has 2 amide bonds. The molecule has 0 aliphatic carbocycles. The number of nitrogens with one attached hydrogen (secondary N) is 1. The van der Waals surface area contributed by atoms with E-state index in [2.05, 4.69) is 5.32 Å². The monoisotopic (exact) mass is 553 g/mol. The van der Waals surface area contributed by atoms with Crippen LogP contribution in [0.1, 0.15) is 43.4 Å². The van der Waals surface area contributed by atoms with Crippen molar-refractivity contribution in [3.8, 4) is 0 Å². The number of amides is 2. The van der Waals surface area contributed by atoms with Gasteiger partial charge in [0, 0.05) is 13.1 Å². The van der Waals surface area contributed by atoms with Crippen LogP contribution in [-0.4, -0.2) is 44.3 Å². The van der Waals surface area contributed by atoms with Gasteiger partial charge in [-0.1, -0.05) is 56.3 Å². The lowest BCUT2D eigenvalue weighted by Crippen LogP contribution is -2.52. The number of anilines is 1. The van der Waals surface area contributed by atoms with E-state index in [4.69, 9.17) is 0 Å². The summed E-state index contributed by atoms with van der Waals surface area (Å²) in [5, 5.41) is 2.85. The average Bonchev–Trinajstić information content (AvgIpc) is 2.93. The standard InChI is InChI=1S/C30H36FN3O4S/c1-5-18-32-30(36)27(6-2)33(20-24-14-16-25(31)17-15-24)29(35)21-34(28-19-22(3)12-13-23(28)4)39(37,38)26-10-8-7-9-11-26/h7-17,19,27H,5-6,18,20-21H2,1-4H3,(H,32,36). The highest BCUT2D eigenvalue weighted by Crippen LogP contribution is 2.28. The Kier molecular flexibility index (Phi) is 10.2. The van der Waals surface area contributed by atoms with Crippen LogP contribution < -0.4 is 9.62 Å². The minimum absolute atomic E-state index is 0.0171. The summed E-state index contributed by atoms with van der Waals surface area (Å²) in [5.74, 6) is -1.28. The second-order valence-corrected chi connectivity index (χ2v) is 11.3. The minimum atomic E-state index is -4.13. The van der Waals surface area contributed by atoms with Crippen LogP contribution in [0.15, 0.2) is 77.7 Å². The number of benzene rings is 3. The SMILES string of the molecule is CCCNC(=O)C(CC)N(Cc1ccc(F)cc1)C(=O)CN(c1cc(C)ccc1C)S(=O)(=O)c1ccccc1. The predicted molar refractivity (Wildman–Crippen MR) is 151 cm³/mol. The van der Waals surface area contributed by atoms with Crippen LogP contribution in [-0.2, 0) is 26.2 Å². The van der Waals surface area contributed by atoms with Gasteiger partial charge in [-0.15, -0.1) is 0 Å². The number of hydrogen-bond donors (Lipinski definition) is 1. The Morgan fingerprint density at radius 2 is 1.62 bits per heavy atom. The fourth-order valence-corrected chi connectivity index (χ4v) is 5.78. The van der Waals surface area contributed by atoms with Gasteiger partial charge in [-0.2, -0.15) is 0 Å². The van der Waals surface area contributed by atoms with Gasteiger partial charge in [-0.3, -0.25) is 13.9 Å². The molecule has 0 bridgehead atoms. The van der Waals surface area contributed by atoms with E-state index in [0.717, 1.165) is 16.3 Å². The minimum Gasteiger partial charge on any atom is -0.354 e. The van der Waals surface area contributed by atoms with Gasteiger partial charge in [0.2, 0.25) is 11.8 Å². The molecule has 208 valence electrons. The van der Waals surface area contributed by atoms with Crippen molar-refractivity contribution in [2.45, 2.75) is 58.0 Å². The molecule has 3 aromatic rings. The van der Waals surface area contributed by atoms with E-state index >= 15 is 0 Å². The Labute approximate surface area is 230 Å². The molecular weight excluding hydrogens is 517 g/mol. The summed E-state index contributed by atoms with van der Waals surface area (Å²) in [6.45, 7) is 7.32. The number of carbonyl (C=O) groups is 2. The molecule has 9 heteroatoms. The summed E-state index contributed by atoms with van der Waals surface area (Å²) < 4.78 is 42.5. The summed E-state index contributed by atoms with van der Waals surface area (Å²) in [7, 11) is -4.13. The topological polar surface area (TPSA) is 86.8 Å². The molecule has 0 heterocycles. The fraction of sp³-hybridized carbons (Fsp3) is 0.333. The van der Waals surface area contributed by atoms with E-state index in [-0.39, 0.29) is 17.3 Å². The van der Waals surface area contributed by atoms with E-state index in [0.29, 0.717) is 29.8 Å². The van der Waals surface area contributed by atoms with Crippen molar-refractivity contribution in [3.05, 3.63) is 95.3 Å². The van der Waals surface area contributed by atoms with Crippen molar-refractivity contribution in [2.24, 2.45) is 0 Å². The third kappa shape index (κ3) is 7.44. The number of sulfonamides is 1. The normalized spacial score (nSPS) is 12.0. The van der Waals surface area contributed by atoms with Crippen LogP contribution in [0.2, 0.25) is 0 Å². The van der Waals surface area contributed by atoms with Crippen molar-refractivity contribution in [3.63, 3.8) is 0 Å². The highest BCUT2D eigenvalue weighted by Gasteiger charge is 2.34. The summed E-state index contributed by atoms with van der Waals surface area (Å²) in [4.78, 5) is 28.6. The molecule has 0 spiro atoms. The van der Waals surface area contributed by atoms with Gasteiger partial charge >= 0.3 is 0 Å². The van der Waals surface area contributed by atoms with E-state index in [1.807, 2.05) is 26.0 Å². The molecule has 0 fully saturated rings. The number of hydrogen-bond acceptors (Lipinski definition) is 4. The van der Waals surface area contributed by atoms with Crippen molar-refractivity contribution in [2.75, 3.05) is 17.4 Å². The van der Waals surface area contributed by atoms with Crippen molar-refractivity contribution in [1.29, 1.82) is 0 Å². The molecule has 0 aliphatic rings. The van der Waals surface area contributed by atoms with Crippen LogP contribution in [0.25, 0.3) is 0 Å². The third-order valence-electron chi connectivity index (χ3n) is 6.44. The van der Waals surface area contributed by atoms with E-state index in [9.17, 15) is 22.4 Å². The molecule has 3 aromatic carbocycles. The van der Waals surface area contributed by atoms with Crippen LogP contribution in [0.5, 0.6) is 0 Å². The smallest absolute Gasteiger partial charge is 0.264 e. The lowest BCUT2D eigenvalue weighted by Gasteiger charge is -2.33. The van der Waals surface area contributed by atoms with E-state index in [1.165, 1.54) is 29.2 Å². The molecule has 0 saturated carbocycles. The quantitative estimate of drug-likeness (QED) is 0.343. The maximum atomic E-state index is 14.0. The molecule has 3 rings (SSSR count). The summed E-state index contributed by atoms with van der Waals surface area (Å²) in [6.07, 6.45) is 1.04. The molecule has 1 atom stereocenters. The molecule has 0 aromatic heterocycles. The molecule has 1 unspecified atom stereocenters. The zero-order chi connectivity index (χ0) is 28.6. The Balaban J connectivity index is 2.07. The number of carbonyl (C=O) groups excluding carboxylic acids is 2. The van der Waals surface area contributed by atoms with Crippen molar-refractivity contribution in [1.82, 2.24) is 10.2 Å². The largest absolute Gasteiger partial charge is 0.354 e. The second kappa shape index (κ2) is 13.4. The van der Waals surface area contributed by atoms with Crippen LogP contribution in [0.3, 0.4) is 0 Å². The zero-order valence-electron chi connectivity index (χ0n) is 22.9. The summed E-state index contributed by atoms with van der Waals surface area (Å²) >= 11 is 0. The third-order valence-corrected chi connectivity index (χ3v) is 8.22.